The molecule has 1 atom stereocenters. The van der Waals surface area contributed by atoms with Crippen LogP contribution in [-0.4, -0.2) is 19.0 Å². The molecule has 0 spiro atoms. The Morgan fingerprint density at radius 3 is 2.57 bits per heavy atom. The molecule has 2 aromatic rings. The van der Waals surface area contributed by atoms with Crippen molar-refractivity contribution in [1.82, 2.24) is 5.32 Å². The van der Waals surface area contributed by atoms with Gasteiger partial charge in [-0.05, 0) is 44.0 Å². The van der Waals surface area contributed by atoms with Crippen LogP contribution < -0.4 is 16.3 Å². The lowest BCUT2D eigenvalue weighted by atomic mass is 10.0. The van der Waals surface area contributed by atoms with Crippen molar-refractivity contribution < 1.29 is 9.21 Å². The van der Waals surface area contributed by atoms with Gasteiger partial charge in [0.25, 0.3) is 0 Å². The smallest absolute Gasteiger partial charge is 0.336 e. The van der Waals surface area contributed by atoms with E-state index in [9.17, 15) is 9.59 Å². The van der Waals surface area contributed by atoms with Crippen molar-refractivity contribution in [3.63, 3.8) is 0 Å². The fourth-order valence-electron chi connectivity index (χ4n) is 2.46. The van der Waals surface area contributed by atoms with Gasteiger partial charge < -0.3 is 15.1 Å². The van der Waals surface area contributed by atoms with Gasteiger partial charge in [0.1, 0.15) is 5.58 Å². The minimum absolute atomic E-state index is 0. The maximum atomic E-state index is 12.3. The Kier molecular flexibility index (Phi) is 6.79. The average Bonchev–Trinajstić information content (AvgIpc) is 2.43. The Morgan fingerprint density at radius 2 is 1.96 bits per heavy atom. The molecule has 0 aliphatic heterocycles. The zero-order valence-electron chi connectivity index (χ0n) is 13.8. The number of rotatable bonds is 5. The number of likely N-dealkylation sites (N-methyl/N-ethyl adjacent to an activating group) is 1. The third-order valence-electron chi connectivity index (χ3n) is 3.59. The van der Waals surface area contributed by atoms with Crippen molar-refractivity contribution in [3.05, 3.63) is 40.2 Å². The summed E-state index contributed by atoms with van der Waals surface area (Å²) in [6.07, 6.45) is 0.754. The van der Waals surface area contributed by atoms with Gasteiger partial charge in [-0.2, -0.15) is 0 Å². The summed E-state index contributed by atoms with van der Waals surface area (Å²) in [4.78, 5) is 23.7. The van der Waals surface area contributed by atoms with Crippen molar-refractivity contribution >= 4 is 35.0 Å². The van der Waals surface area contributed by atoms with E-state index in [2.05, 4.69) is 24.5 Å². The van der Waals surface area contributed by atoms with E-state index in [0.717, 1.165) is 17.4 Å². The predicted octanol–water partition coefficient (Wildman–Crippen LogP) is 3.10. The first-order valence-corrected chi connectivity index (χ1v) is 7.43. The molecular weight excluding hydrogens is 316 g/mol. The molecule has 0 saturated carbocycles. The van der Waals surface area contributed by atoms with E-state index in [1.165, 1.54) is 6.07 Å². The molecule has 126 valence electrons. The van der Waals surface area contributed by atoms with Gasteiger partial charge in [-0.25, -0.2) is 4.79 Å². The van der Waals surface area contributed by atoms with E-state index in [1.54, 1.807) is 13.1 Å². The maximum absolute atomic E-state index is 12.3. The number of carbonyl (C=O) groups is 1. The number of hydrogen-bond donors (Lipinski definition) is 2. The highest BCUT2D eigenvalue weighted by molar-refractivity contribution is 5.96. The van der Waals surface area contributed by atoms with Crippen LogP contribution in [0.1, 0.15) is 25.8 Å². The van der Waals surface area contributed by atoms with Gasteiger partial charge in [0, 0.05) is 23.2 Å². The molecule has 2 rings (SSSR count). The van der Waals surface area contributed by atoms with E-state index in [0.29, 0.717) is 17.2 Å². The lowest BCUT2D eigenvalue weighted by Gasteiger charge is -2.18. The molecule has 1 aromatic heterocycles. The lowest BCUT2D eigenvalue weighted by Crippen LogP contribution is -2.39. The Balaban J connectivity index is 0.00000264. The first kappa shape index (κ1) is 19.2. The third kappa shape index (κ3) is 4.81. The molecule has 0 aliphatic rings. The van der Waals surface area contributed by atoms with Gasteiger partial charge >= 0.3 is 5.63 Å². The average molecular weight is 339 g/mol. The van der Waals surface area contributed by atoms with Crippen LogP contribution in [0.3, 0.4) is 0 Å². The Bertz CT molecular complexity index is 740. The molecule has 0 aliphatic carbocycles. The fourth-order valence-corrected chi connectivity index (χ4v) is 2.46. The highest BCUT2D eigenvalue weighted by Gasteiger charge is 2.18. The number of halogens is 1. The third-order valence-corrected chi connectivity index (χ3v) is 3.59. The number of amides is 1. The van der Waals surface area contributed by atoms with Crippen LogP contribution in [0.5, 0.6) is 0 Å². The SMILES string of the molecule is CNC(CC(C)C)C(=O)Nc1ccc2c(C)cc(=O)oc2c1.Cl. The number of hydrogen-bond acceptors (Lipinski definition) is 4. The van der Waals surface area contributed by atoms with Gasteiger partial charge in [-0.3, -0.25) is 4.79 Å². The molecule has 6 heteroatoms. The first-order valence-electron chi connectivity index (χ1n) is 7.43. The largest absolute Gasteiger partial charge is 0.423 e. The summed E-state index contributed by atoms with van der Waals surface area (Å²) >= 11 is 0. The van der Waals surface area contributed by atoms with Crippen molar-refractivity contribution in [3.8, 4) is 0 Å². The van der Waals surface area contributed by atoms with Gasteiger partial charge in [-0.15, -0.1) is 12.4 Å². The number of benzene rings is 1. The van der Waals surface area contributed by atoms with E-state index in [1.807, 2.05) is 19.1 Å². The highest BCUT2D eigenvalue weighted by atomic mass is 35.5. The molecule has 1 aromatic carbocycles. The van der Waals surface area contributed by atoms with E-state index < -0.39 is 0 Å². The number of aryl methyl sites for hydroxylation is 1. The molecule has 23 heavy (non-hydrogen) atoms. The molecule has 0 fully saturated rings. The molecule has 5 nitrogen and oxygen atoms in total. The summed E-state index contributed by atoms with van der Waals surface area (Å²) in [5.41, 5.74) is 1.57. The van der Waals surface area contributed by atoms with Gasteiger partial charge in [0.15, 0.2) is 0 Å². The van der Waals surface area contributed by atoms with Crippen LogP contribution in [0.25, 0.3) is 11.0 Å². The van der Waals surface area contributed by atoms with Crippen LogP contribution in [0.2, 0.25) is 0 Å². The summed E-state index contributed by atoms with van der Waals surface area (Å²) in [5, 5.41) is 6.75. The van der Waals surface area contributed by atoms with E-state index in [4.69, 9.17) is 4.42 Å². The van der Waals surface area contributed by atoms with Gasteiger partial charge in [-0.1, -0.05) is 13.8 Å². The standard InChI is InChI=1S/C17H22N2O3.ClH/c1-10(2)7-14(18-4)17(21)19-12-5-6-13-11(3)8-16(20)22-15(13)9-12;/h5-6,8-10,14,18H,7H2,1-4H3,(H,19,21);1H. The number of fused-ring (bicyclic) bond motifs is 1. The summed E-state index contributed by atoms with van der Waals surface area (Å²) < 4.78 is 5.19. The summed E-state index contributed by atoms with van der Waals surface area (Å²) in [5.74, 6) is 0.325. The number of anilines is 1. The number of carbonyl (C=O) groups excluding carboxylic acids is 1. The minimum Gasteiger partial charge on any atom is -0.423 e. The quantitative estimate of drug-likeness (QED) is 0.822. The molecule has 2 N–H and O–H groups in total. The predicted molar refractivity (Wildman–Crippen MR) is 95.4 cm³/mol. The molecule has 1 heterocycles. The molecule has 0 radical (unpaired) electrons. The normalized spacial score (nSPS) is 12.0. The Labute approximate surface area is 141 Å². The minimum atomic E-state index is -0.388. The maximum Gasteiger partial charge on any atom is 0.336 e. The number of nitrogens with one attached hydrogen (secondary N) is 2. The molecule has 0 bridgehead atoms. The topological polar surface area (TPSA) is 71.3 Å². The van der Waals surface area contributed by atoms with Crippen LogP contribution >= 0.6 is 12.4 Å². The molecule has 1 unspecified atom stereocenters. The van der Waals surface area contributed by atoms with Crippen molar-refractivity contribution in [1.29, 1.82) is 0 Å². The Morgan fingerprint density at radius 1 is 1.26 bits per heavy atom. The molecule has 0 saturated heterocycles. The second-order valence-electron chi connectivity index (χ2n) is 5.92. The molecule has 1 amide bonds. The van der Waals surface area contributed by atoms with E-state index in [-0.39, 0.29) is 30.0 Å². The second-order valence-corrected chi connectivity index (χ2v) is 5.92. The van der Waals surface area contributed by atoms with E-state index >= 15 is 0 Å². The van der Waals surface area contributed by atoms with Crippen molar-refractivity contribution in [2.45, 2.75) is 33.2 Å². The van der Waals surface area contributed by atoms with Crippen molar-refractivity contribution in [2.24, 2.45) is 5.92 Å². The summed E-state index contributed by atoms with van der Waals surface area (Å²) in [6.45, 7) is 6.01. The highest BCUT2D eigenvalue weighted by Crippen LogP contribution is 2.21. The van der Waals surface area contributed by atoms with Crippen LogP contribution in [0, 0.1) is 12.8 Å². The lowest BCUT2D eigenvalue weighted by molar-refractivity contribution is -0.118. The fraction of sp³-hybridized carbons (Fsp3) is 0.412. The second kappa shape index (κ2) is 8.13. The first-order chi connectivity index (χ1) is 10.4. The monoisotopic (exact) mass is 338 g/mol. The molecular formula is C17H23ClN2O3. The van der Waals surface area contributed by atoms with Crippen molar-refractivity contribution in [2.75, 3.05) is 12.4 Å². The van der Waals surface area contributed by atoms with Crippen LogP contribution in [0.15, 0.2) is 33.5 Å². The van der Waals surface area contributed by atoms with Gasteiger partial charge in [0.05, 0.1) is 6.04 Å². The van der Waals surface area contributed by atoms with Crippen LogP contribution in [0.4, 0.5) is 5.69 Å². The van der Waals surface area contributed by atoms with Gasteiger partial charge in [0.2, 0.25) is 5.91 Å². The zero-order chi connectivity index (χ0) is 16.3. The Hall–Kier alpha value is -1.85. The summed E-state index contributed by atoms with van der Waals surface area (Å²) in [6, 6.07) is 6.56. The summed E-state index contributed by atoms with van der Waals surface area (Å²) in [7, 11) is 1.77. The van der Waals surface area contributed by atoms with Crippen LogP contribution in [-0.2, 0) is 4.79 Å². The zero-order valence-corrected chi connectivity index (χ0v) is 14.6.